The highest BCUT2D eigenvalue weighted by atomic mass is 16.3. The highest BCUT2D eigenvalue weighted by Crippen LogP contribution is 2.08. The summed E-state index contributed by atoms with van der Waals surface area (Å²) in [4.78, 5) is 0. The third-order valence-electron chi connectivity index (χ3n) is 2.53. The van der Waals surface area contributed by atoms with Crippen molar-refractivity contribution >= 4 is 0 Å². The van der Waals surface area contributed by atoms with E-state index in [1.54, 1.807) is 0 Å². The lowest BCUT2D eigenvalue weighted by Gasteiger charge is -2.34. The van der Waals surface area contributed by atoms with Crippen LogP contribution in [0.4, 0.5) is 0 Å². The first-order chi connectivity index (χ1) is 6.04. The second kappa shape index (κ2) is 6.35. The molecule has 0 aliphatic heterocycles. The highest BCUT2D eigenvalue weighted by Gasteiger charge is 2.19. The minimum atomic E-state index is 0.203. The van der Waals surface area contributed by atoms with Gasteiger partial charge in [-0.05, 0) is 12.3 Å². The van der Waals surface area contributed by atoms with Crippen molar-refractivity contribution in [2.45, 2.75) is 20.3 Å². The molecule has 0 saturated heterocycles. The van der Waals surface area contributed by atoms with Crippen LogP contribution in [0.5, 0.6) is 0 Å². The summed E-state index contributed by atoms with van der Waals surface area (Å²) in [6.45, 7) is 7.33. The molecular weight excluding hydrogens is 166 g/mol. The van der Waals surface area contributed by atoms with Crippen molar-refractivity contribution in [3.05, 3.63) is 0 Å². The summed E-state index contributed by atoms with van der Waals surface area (Å²) < 4.78 is 0.783. The van der Waals surface area contributed by atoms with E-state index >= 15 is 0 Å². The Labute approximate surface area is 81.6 Å². The number of likely N-dealkylation sites (N-methyl/N-ethyl adjacent to an activating group) is 1. The van der Waals surface area contributed by atoms with Crippen molar-refractivity contribution in [2.75, 3.05) is 39.9 Å². The number of hydrogen-bond acceptors (Lipinski definition) is 2. The molecule has 0 aromatic rings. The van der Waals surface area contributed by atoms with E-state index in [-0.39, 0.29) is 13.2 Å². The van der Waals surface area contributed by atoms with Gasteiger partial charge in [0.15, 0.2) is 0 Å². The first-order valence-electron chi connectivity index (χ1n) is 5.09. The van der Waals surface area contributed by atoms with Crippen LogP contribution < -0.4 is 0 Å². The Balaban J connectivity index is 3.91. The zero-order valence-electron chi connectivity index (χ0n) is 9.16. The van der Waals surface area contributed by atoms with Gasteiger partial charge in [-0.3, -0.25) is 0 Å². The molecule has 13 heavy (non-hydrogen) atoms. The molecule has 0 spiro atoms. The lowest BCUT2D eigenvalue weighted by molar-refractivity contribution is -0.910. The van der Waals surface area contributed by atoms with Gasteiger partial charge in [-0.2, -0.15) is 0 Å². The van der Waals surface area contributed by atoms with E-state index in [1.165, 1.54) is 0 Å². The number of quaternary nitrogens is 1. The minimum absolute atomic E-state index is 0.203. The van der Waals surface area contributed by atoms with Gasteiger partial charge in [0.25, 0.3) is 0 Å². The Morgan fingerprint density at radius 2 is 1.46 bits per heavy atom. The lowest BCUT2D eigenvalue weighted by atomic mass is 10.1. The fourth-order valence-corrected chi connectivity index (χ4v) is 1.39. The van der Waals surface area contributed by atoms with Crippen LogP contribution in [0.15, 0.2) is 0 Å². The van der Waals surface area contributed by atoms with Crippen molar-refractivity contribution in [1.29, 1.82) is 0 Å². The van der Waals surface area contributed by atoms with Gasteiger partial charge in [0.2, 0.25) is 0 Å². The molecule has 0 aliphatic carbocycles. The van der Waals surface area contributed by atoms with Gasteiger partial charge in [-0.25, -0.2) is 0 Å². The van der Waals surface area contributed by atoms with Crippen LogP contribution >= 0.6 is 0 Å². The van der Waals surface area contributed by atoms with E-state index in [9.17, 15) is 0 Å². The molecule has 3 heteroatoms. The molecule has 3 nitrogen and oxygen atoms in total. The third-order valence-corrected chi connectivity index (χ3v) is 2.53. The fourth-order valence-electron chi connectivity index (χ4n) is 1.39. The SMILES string of the molecule is CC(C)CC[N+](C)(CCO)CCO. The average Bonchev–Trinajstić information content (AvgIpc) is 2.02. The summed E-state index contributed by atoms with van der Waals surface area (Å²) in [6.07, 6.45) is 1.15. The Hall–Kier alpha value is -0.120. The largest absolute Gasteiger partial charge is 0.391 e. The van der Waals surface area contributed by atoms with Gasteiger partial charge < -0.3 is 14.7 Å². The second-order valence-electron chi connectivity index (χ2n) is 4.42. The van der Waals surface area contributed by atoms with E-state index in [1.807, 2.05) is 0 Å². The predicted molar refractivity (Wildman–Crippen MR) is 54.4 cm³/mol. The maximum atomic E-state index is 8.90. The molecule has 0 heterocycles. The fraction of sp³-hybridized carbons (Fsp3) is 1.00. The standard InChI is InChI=1S/C10H24NO2/c1-10(2)4-5-11(3,6-8-12)7-9-13/h10,12-13H,4-9H2,1-3H3/q+1. The van der Waals surface area contributed by atoms with Crippen LogP contribution in [0.1, 0.15) is 20.3 Å². The molecule has 0 atom stereocenters. The Kier molecular flexibility index (Phi) is 6.29. The summed E-state index contributed by atoms with van der Waals surface area (Å²) in [5.41, 5.74) is 0. The molecule has 0 aliphatic rings. The third kappa shape index (κ3) is 6.02. The maximum absolute atomic E-state index is 8.90. The molecule has 0 fully saturated rings. The number of aliphatic hydroxyl groups excluding tert-OH is 2. The number of rotatable bonds is 7. The predicted octanol–water partition coefficient (Wildman–Crippen LogP) is 0.464. The van der Waals surface area contributed by atoms with Gasteiger partial charge in [0, 0.05) is 0 Å². The van der Waals surface area contributed by atoms with E-state index in [2.05, 4.69) is 20.9 Å². The van der Waals surface area contributed by atoms with Crippen LogP contribution in [0.25, 0.3) is 0 Å². The summed E-state index contributed by atoms with van der Waals surface area (Å²) in [5.74, 6) is 0.690. The molecule has 0 bridgehead atoms. The van der Waals surface area contributed by atoms with Gasteiger partial charge >= 0.3 is 0 Å². The van der Waals surface area contributed by atoms with Crippen molar-refractivity contribution in [3.8, 4) is 0 Å². The number of nitrogens with zero attached hydrogens (tertiary/aromatic N) is 1. The molecule has 2 N–H and O–H groups in total. The normalized spacial score (nSPS) is 12.5. The highest BCUT2D eigenvalue weighted by molar-refractivity contribution is 4.46. The van der Waals surface area contributed by atoms with Crippen LogP contribution in [0.2, 0.25) is 0 Å². The number of hydrogen-bond donors (Lipinski definition) is 2. The van der Waals surface area contributed by atoms with Crippen LogP contribution in [0, 0.1) is 5.92 Å². The van der Waals surface area contributed by atoms with Crippen LogP contribution in [0.3, 0.4) is 0 Å². The maximum Gasteiger partial charge on any atom is 0.102 e. The zero-order valence-corrected chi connectivity index (χ0v) is 9.16. The lowest BCUT2D eigenvalue weighted by Crippen LogP contribution is -2.49. The summed E-state index contributed by atoms with van der Waals surface area (Å²) in [5, 5.41) is 17.8. The Bertz CT molecular complexity index is 120. The molecule has 0 rings (SSSR count). The Morgan fingerprint density at radius 1 is 1.00 bits per heavy atom. The van der Waals surface area contributed by atoms with Crippen molar-refractivity contribution in [1.82, 2.24) is 0 Å². The molecule has 0 aromatic carbocycles. The summed E-state index contributed by atoms with van der Waals surface area (Å²) in [6, 6.07) is 0. The topological polar surface area (TPSA) is 40.5 Å². The van der Waals surface area contributed by atoms with E-state index in [0.717, 1.165) is 30.5 Å². The van der Waals surface area contributed by atoms with Gasteiger partial charge in [-0.15, -0.1) is 0 Å². The second-order valence-corrected chi connectivity index (χ2v) is 4.42. The smallest absolute Gasteiger partial charge is 0.102 e. The van der Waals surface area contributed by atoms with E-state index in [4.69, 9.17) is 10.2 Å². The quantitative estimate of drug-likeness (QED) is 0.573. The minimum Gasteiger partial charge on any atom is -0.391 e. The van der Waals surface area contributed by atoms with E-state index in [0.29, 0.717) is 5.92 Å². The molecule has 80 valence electrons. The van der Waals surface area contributed by atoms with Crippen molar-refractivity contribution in [3.63, 3.8) is 0 Å². The summed E-state index contributed by atoms with van der Waals surface area (Å²) in [7, 11) is 2.09. The molecule has 0 aromatic heterocycles. The van der Waals surface area contributed by atoms with E-state index < -0.39 is 0 Å². The van der Waals surface area contributed by atoms with Gasteiger partial charge in [0.1, 0.15) is 13.1 Å². The molecule has 0 amide bonds. The zero-order chi connectivity index (χ0) is 10.3. The average molecular weight is 190 g/mol. The number of aliphatic hydroxyl groups is 2. The Morgan fingerprint density at radius 3 is 1.77 bits per heavy atom. The first-order valence-corrected chi connectivity index (χ1v) is 5.09. The van der Waals surface area contributed by atoms with Gasteiger partial charge in [0.05, 0.1) is 26.8 Å². The van der Waals surface area contributed by atoms with Gasteiger partial charge in [-0.1, -0.05) is 13.8 Å². The first kappa shape index (κ1) is 12.9. The van der Waals surface area contributed by atoms with Crippen LogP contribution in [-0.2, 0) is 0 Å². The summed E-state index contributed by atoms with van der Waals surface area (Å²) >= 11 is 0. The van der Waals surface area contributed by atoms with Crippen molar-refractivity contribution in [2.24, 2.45) is 5.92 Å². The molecule has 0 radical (unpaired) electrons. The molecule has 0 unspecified atom stereocenters. The van der Waals surface area contributed by atoms with Crippen LogP contribution in [-0.4, -0.2) is 54.6 Å². The molecule has 0 saturated carbocycles. The molecular formula is C10H24NO2+. The van der Waals surface area contributed by atoms with Crippen molar-refractivity contribution < 1.29 is 14.7 Å². The monoisotopic (exact) mass is 190 g/mol.